The van der Waals surface area contributed by atoms with Gasteiger partial charge in [0.2, 0.25) is 0 Å². The van der Waals surface area contributed by atoms with Gasteiger partial charge in [0, 0.05) is 57.6 Å². The Labute approximate surface area is 155 Å². The lowest BCUT2D eigenvalue weighted by atomic mass is 9.98. The number of nitrogens with zero attached hydrogens (tertiary/aromatic N) is 5. The van der Waals surface area contributed by atoms with Gasteiger partial charge in [-0.25, -0.2) is 0 Å². The van der Waals surface area contributed by atoms with Gasteiger partial charge in [-0.2, -0.15) is 5.10 Å². The summed E-state index contributed by atoms with van der Waals surface area (Å²) in [4.78, 5) is 9.67. The molecule has 1 fully saturated rings. The van der Waals surface area contributed by atoms with Gasteiger partial charge < -0.3 is 4.90 Å². The van der Waals surface area contributed by atoms with Crippen molar-refractivity contribution in [3.8, 4) is 0 Å². The van der Waals surface area contributed by atoms with Crippen molar-refractivity contribution >= 4 is 10.9 Å². The Morgan fingerprint density at radius 2 is 1.96 bits per heavy atom. The molecular weight excluding hydrogens is 322 g/mol. The zero-order chi connectivity index (χ0) is 17.9. The van der Waals surface area contributed by atoms with E-state index in [0.717, 1.165) is 44.7 Å². The van der Waals surface area contributed by atoms with Gasteiger partial charge in [0.05, 0.1) is 11.2 Å². The number of hydrogen-bond acceptors (Lipinski definition) is 4. The summed E-state index contributed by atoms with van der Waals surface area (Å²) >= 11 is 0. The third kappa shape index (κ3) is 3.94. The molecule has 3 heterocycles. The van der Waals surface area contributed by atoms with Crippen LogP contribution in [0.15, 0.2) is 48.8 Å². The predicted molar refractivity (Wildman–Crippen MR) is 105 cm³/mol. The normalized spacial score (nSPS) is 19.7. The number of para-hydroxylation sites is 1. The van der Waals surface area contributed by atoms with Crippen molar-refractivity contribution in [2.45, 2.75) is 13.0 Å². The van der Waals surface area contributed by atoms with Crippen LogP contribution in [0.1, 0.15) is 11.3 Å². The molecule has 1 aromatic carbocycles. The fourth-order valence-electron chi connectivity index (χ4n) is 3.98. The Kier molecular flexibility index (Phi) is 5.00. The number of aromatic nitrogens is 3. The van der Waals surface area contributed by atoms with Gasteiger partial charge in [0.15, 0.2) is 0 Å². The topological polar surface area (TPSA) is 37.2 Å². The minimum atomic E-state index is 0.610. The van der Waals surface area contributed by atoms with Crippen LogP contribution in [0.25, 0.3) is 10.9 Å². The van der Waals surface area contributed by atoms with Crippen LogP contribution in [0.5, 0.6) is 0 Å². The van der Waals surface area contributed by atoms with Crippen LogP contribution in [0.3, 0.4) is 0 Å². The van der Waals surface area contributed by atoms with Gasteiger partial charge in [-0.3, -0.25) is 14.6 Å². The molecule has 26 heavy (non-hydrogen) atoms. The standard InChI is InChI=1S/C21H27N5/c1-24-9-10-26(16-20-7-8-23-25(20)2)15-18(14-24)11-17-12-19-5-3-4-6-21(19)22-13-17/h3-8,12-13,18H,9-11,14-16H2,1-2H3/t18-/m0/s1. The number of benzene rings is 1. The Morgan fingerprint density at radius 3 is 2.81 bits per heavy atom. The molecule has 2 aromatic heterocycles. The Bertz CT molecular complexity index is 871. The smallest absolute Gasteiger partial charge is 0.0702 e. The Morgan fingerprint density at radius 1 is 1.08 bits per heavy atom. The van der Waals surface area contributed by atoms with Crippen molar-refractivity contribution in [1.82, 2.24) is 24.6 Å². The first-order valence-corrected chi connectivity index (χ1v) is 9.39. The number of fused-ring (bicyclic) bond motifs is 1. The van der Waals surface area contributed by atoms with Crippen molar-refractivity contribution < 1.29 is 0 Å². The molecule has 0 amide bonds. The third-order valence-electron chi connectivity index (χ3n) is 5.36. The minimum absolute atomic E-state index is 0.610. The van der Waals surface area contributed by atoms with E-state index in [2.05, 4.69) is 63.5 Å². The molecule has 1 aliphatic rings. The SMILES string of the molecule is CN1CCN(Cc2ccnn2C)C[C@@H](Cc2cnc3ccccc3c2)C1. The van der Waals surface area contributed by atoms with Crippen molar-refractivity contribution in [1.29, 1.82) is 0 Å². The molecule has 1 aliphatic heterocycles. The molecule has 1 atom stereocenters. The predicted octanol–water partition coefficient (Wildman–Crippen LogP) is 2.57. The molecule has 136 valence electrons. The fourth-order valence-corrected chi connectivity index (χ4v) is 3.98. The van der Waals surface area contributed by atoms with E-state index in [1.54, 1.807) is 0 Å². The van der Waals surface area contributed by atoms with Crippen LogP contribution in [0.2, 0.25) is 0 Å². The molecule has 5 heteroatoms. The van der Waals surface area contributed by atoms with E-state index in [0.29, 0.717) is 5.92 Å². The summed E-state index contributed by atoms with van der Waals surface area (Å²) in [6.07, 6.45) is 5.01. The van der Waals surface area contributed by atoms with Crippen LogP contribution in [0.4, 0.5) is 0 Å². The lowest BCUT2D eigenvalue weighted by Crippen LogP contribution is -2.31. The third-order valence-corrected chi connectivity index (χ3v) is 5.36. The molecule has 1 saturated heterocycles. The number of hydrogen-bond donors (Lipinski definition) is 0. The summed E-state index contributed by atoms with van der Waals surface area (Å²) in [6, 6.07) is 12.8. The number of likely N-dealkylation sites (N-methyl/N-ethyl adjacent to an activating group) is 1. The average molecular weight is 349 g/mol. The lowest BCUT2D eigenvalue weighted by molar-refractivity contribution is 0.243. The molecule has 0 N–H and O–H groups in total. The van der Waals surface area contributed by atoms with Gasteiger partial charge in [-0.05, 0) is 43.1 Å². The van der Waals surface area contributed by atoms with Gasteiger partial charge >= 0.3 is 0 Å². The number of pyridine rings is 1. The van der Waals surface area contributed by atoms with Crippen LogP contribution in [-0.4, -0.2) is 57.8 Å². The maximum atomic E-state index is 4.64. The Balaban J connectivity index is 1.48. The summed E-state index contributed by atoms with van der Waals surface area (Å²) < 4.78 is 1.98. The highest BCUT2D eigenvalue weighted by atomic mass is 15.3. The minimum Gasteiger partial charge on any atom is -0.305 e. The molecule has 0 spiro atoms. The van der Waals surface area contributed by atoms with Gasteiger partial charge in [0.1, 0.15) is 0 Å². The first-order valence-electron chi connectivity index (χ1n) is 9.39. The molecule has 0 aliphatic carbocycles. The van der Waals surface area contributed by atoms with E-state index in [4.69, 9.17) is 0 Å². The Hall–Kier alpha value is -2.24. The molecule has 5 nitrogen and oxygen atoms in total. The largest absolute Gasteiger partial charge is 0.305 e. The van der Waals surface area contributed by atoms with Crippen LogP contribution in [-0.2, 0) is 20.0 Å². The van der Waals surface area contributed by atoms with E-state index in [1.165, 1.54) is 16.6 Å². The molecule has 0 saturated carbocycles. The van der Waals surface area contributed by atoms with Crippen molar-refractivity contribution in [3.05, 3.63) is 60.0 Å². The number of aryl methyl sites for hydroxylation is 1. The van der Waals surface area contributed by atoms with Gasteiger partial charge in [-0.15, -0.1) is 0 Å². The molecule has 0 bridgehead atoms. The summed E-state index contributed by atoms with van der Waals surface area (Å²) in [6.45, 7) is 5.44. The first kappa shape index (κ1) is 17.2. The lowest BCUT2D eigenvalue weighted by Gasteiger charge is -2.24. The highest BCUT2D eigenvalue weighted by molar-refractivity contribution is 5.78. The van der Waals surface area contributed by atoms with Gasteiger partial charge in [0.25, 0.3) is 0 Å². The highest BCUT2D eigenvalue weighted by Gasteiger charge is 2.22. The second kappa shape index (κ2) is 7.56. The fraction of sp³-hybridized carbons (Fsp3) is 0.429. The molecule has 0 unspecified atom stereocenters. The average Bonchev–Trinajstić information content (AvgIpc) is 2.95. The van der Waals surface area contributed by atoms with Crippen molar-refractivity contribution in [3.63, 3.8) is 0 Å². The summed E-state index contributed by atoms with van der Waals surface area (Å²) in [5, 5.41) is 5.54. The maximum Gasteiger partial charge on any atom is 0.0702 e. The van der Waals surface area contributed by atoms with E-state index >= 15 is 0 Å². The summed E-state index contributed by atoms with van der Waals surface area (Å²) in [7, 11) is 4.26. The van der Waals surface area contributed by atoms with E-state index in [9.17, 15) is 0 Å². The highest BCUT2D eigenvalue weighted by Crippen LogP contribution is 2.19. The zero-order valence-corrected chi connectivity index (χ0v) is 15.7. The summed E-state index contributed by atoms with van der Waals surface area (Å²) in [5.41, 5.74) is 3.69. The quantitative estimate of drug-likeness (QED) is 0.725. The van der Waals surface area contributed by atoms with Crippen molar-refractivity contribution in [2.24, 2.45) is 13.0 Å². The molecule has 0 radical (unpaired) electrons. The molecule has 3 aromatic rings. The number of rotatable bonds is 4. The monoisotopic (exact) mass is 349 g/mol. The molecular formula is C21H27N5. The first-order chi connectivity index (χ1) is 12.7. The maximum absolute atomic E-state index is 4.64. The van der Waals surface area contributed by atoms with E-state index in [1.807, 2.05) is 24.0 Å². The second-order valence-corrected chi connectivity index (χ2v) is 7.55. The van der Waals surface area contributed by atoms with Gasteiger partial charge in [-0.1, -0.05) is 18.2 Å². The summed E-state index contributed by atoms with van der Waals surface area (Å²) in [5.74, 6) is 0.610. The van der Waals surface area contributed by atoms with Crippen LogP contribution < -0.4 is 0 Å². The van der Waals surface area contributed by atoms with Crippen molar-refractivity contribution in [2.75, 3.05) is 33.2 Å². The van der Waals surface area contributed by atoms with Crippen LogP contribution >= 0.6 is 0 Å². The van der Waals surface area contributed by atoms with E-state index < -0.39 is 0 Å². The second-order valence-electron chi connectivity index (χ2n) is 7.55. The van der Waals surface area contributed by atoms with Crippen LogP contribution in [0, 0.1) is 5.92 Å². The van der Waals surface area contributed by atoms with E-state index in [-0.39, 0.29) is 0 Å². The zero-order valence-electron chi connectivity index (χ0n) is 15.7. The molecule has 4 rings (SSSR count).